The number of sulfonamides is 2. The third-order valence-corrected chi connectivity index (χ3v) is 8.37. The predicted molar refractivity (Wildman–Crippen MR) is 113 cm³/mol. The number of carboxylic acid groups (broad SMARTS) is 1. The van der Waals surface area contributed by atoms with Crippen molar-refractivity contribution in [3.63, 3.8) is 0 Å². The Kier molecular flexibility index (Phi) is 6.07. The molecule has 3 rings (SSSR count). The van der Waals surface area contributed by atoms with Crippen molar-refractivity contribution < 1.29 is 31.2 Å². The van der Waals surface area contributed by atoms with E-state index in [1.807, 2.05) is 0 Å². The zero-order chi connectivity index (χ0) is 22.3. The molecule has 2 heterocycles. The van der Waals surface area contributed by atoms with E-state index >= 15 is 0 Å². The molecular formula is C16H12Cl2N2O7S3. The number of halogens is 2. The highest BCUT2D eigenvalue weighted by molar-refractivity contribution is 7.94. The van der Waals surface area contributed by atoms with Gasteiger partial charge in [0.2, 0.25) is 10.9 Å². The molecule has 0 amide bonds. The first kappa shape index (κ1) is 22.4. The van der Waals surface area contributed by atoms with Gasteiger partial charge in [-0.1, -0.05) is 29.3 Å². The van der Waals surface area contributed by atoms with Gasteiger partial charge in [-0.15, -0.1) is 11.3 Å². The highest BCUT2D eigenvalue weighted by Gasteiger charge is 2.26. The third-order valence-electron chi connectivity index (χ3n) is 3.66. The third kappa shape index (κ3) is 4.57. The van der Waals surface area contributed by atoms with Crippen LogP contribution in [0.25, 0.3) is 0 Å². The molecule has 0 spiro atoms. The topological polar surface area (TPSA) is 143 Å². The summed E-state index contributed by atoms with van der Waals surface area (Å²) >= 11 is 12.9. The molecule has 0 unspecified atom stereocenters. The Morgan fingerprint density at radius 3 is 2.07 bits per heavy atom. The van der Waals surface area contributed by atoms with E-state index in [1.54, 1.807) is 5.38 Å². The second-order valence-electron chi connectivity index (χ2n) is 5.84. The van der Waals surface area contributed by atoms with E-state index in [1.165, 1.54) is 19.1 Å². The summed E-state index contributed by atoms with van der Waals surface area (Å²) in [5.41, 5.74) is -0.339. The molecule has 1 aromatic carbocycles. The lowest BCUT2D eigenvalue weighted by Gasteiger charge is -2.14. The number of thiophene rings is 1. The average molecular weight is 511 g/mol. The van der Waals surface area contributed by atoms with Crippen LogP contribution in [-0.4, -0.2) is 27.9 Å². The molecule has 9 nitrogen and oxygen atoms in total. The lowest BCUT2D eigenvalue weighted by atomic mass is 10.3. The Hall–Kier alpha value is -2.25. The van der Waals surface area contributed by atoms with Crippen molar-refractivity contribution in [2.75, 3.05) is 9.44 Å². The van der Waals surface area contributed by atoms with Gasteiger partial charge in [0, 0.05) is 11.6 Å². The van der Waals surface area contributed by atoms with Gasteiger partial charge in [0.25, 0.3) is 20.0 Å². The molecule has 14 heteroatoms. The summed E-state index contributed by atoms with van der Waals surface area (Å²) in [4.78, 5) is 11.1. The molecule has 30 heavy (non-hydrogen) atoms. The molecule has 2 aromatic heterocycles. The number of rotatable bonds is 7. The number of aromatic carboxylic acids is 1. The normalized spacial score (nSPS) is 12.0. The summed E-state index contributed by atoms with van der Waals surface area (Å²) in [5, 5.41) is 9.87. The van der Waals surface area contributed by atoms with Crippen molar-refractivity contribution in [1.29, 1.82) is 0 Å². The zero-order valence-electron chi connectivity index (χ0n) is 14.8. The SMILES string of the molecule is Cc1cc(S(=O)(=O)Nc2cc(Cl)c(Cl)cc2NS(=O)(=O)c2cccs2)oc1C(=O)O. The fourth-order valence-corrected chi connectivity index (χ4v) is 5.79. The number of hydrogen-bond acceptors (Lipinski definition) is 7. The Morgan fingerprint density at radius 2 is 1.60 bits per heavy atom. The van der Waals surface area contributed by atoms with Crippen LogP contribution in [0.1, 0.15) is 16.1 Å². The van der Waals surface area contributed by atoms with Crippen molar-refractivity contribution >= 4 is 71.9 Å². The second-order valence-corrected chi connectivity index (χ2v) is 11.1. The number of aryl methyl sites for hydroxylation is 1. The van der Waals surface area contributed by atoms with Gasteiger partial charge in [0.1, 0.15) is 4.21 Å². The van der Waals surface area contributed by atoms with Gasteiger partial charge in [-0.05, 0) is 30.5 Å². The van der Waals surface area contributed by atoms with E-state index in [2.05, 4.69) is 9.44 Å². The van der Waals surface area contributed by atoms with Crippen LogP contribution in [0.15, 0.2) is 49.4 Å². The summed E-state index contributed by atoms with van der Waals surface area (Å²) < 4.78 is 59.7. The van der Waals surface area contributed by atoms with Crippen molar-refractivity contribution in [3.8, 4) is 0 Å². The molecule has 0 saturated carbocycles. The molecule has 0 fully saturated rings. The highest BCUT2D eigenvalue weighted by Crippen LogP contribution is 2.36. The number of carbonyl (C=O) groups is 1. The van der Waals surface area contributed by atoms with Gasteiger partial charge in [0.05, 0.1) is 21.4 Å². The molecule has 0 aliphatic carbocycles. The minimum atomic E-state index is -4.42. The standard InChI is InChI=1S/C16H12Cl2N2O7S3/c1-8-5-13(27-15(8)16(21)22)29(23,24)19-11-6-9(17)10(18)7-12(11)20-30(25,26)14-3-2-4-28-14/h2-7,19-20H,1H3,(H,21,22). The molecule has 0 bridgehead atoms. The first-order valence-corrected chi connectivity index (χ1v) is 12.4. The van der Waals surface area contributed by atoms with E-state index in [4.69, 9.17) is 32.7 Å². The number of nitrogens with one attached hydrogen (secondary N) is 2. The predicted octanol–water partition coefficient (Wildman–Crippen LogP) is 4.26. The molecule has 160 valence electrons. The second kappa shape index (κ2) is 8.12. The first-order valence-electron chi connectivity index (χ1n) is 7.82. The lowest BCUT2D eigenvalue weighted by molar-refractivity contribution is 0.0655. The average Bonchev–Trinajstić information content (AvgIpc) is 3.29. The van der Waals surface area contributed by atoms with E-state index in [-0.39, 0.29) is 31.2 Å². The summed E-state index contributed by atoms with van der Waals surface area (Å²) in [6.45, 7) is 1.37. The number of anilines is 2. The van der Waals surface area contributed by atoms with Crippen molar-refractivity contribution in [2.24, 2.45) is 0 Å². The Morgan fingerprint density at radius 1 is 1.03 bits per heavy atom. The fourth-order valence-electron chi connectivity index (χ4n) is 2.32. The largest absolute Gasteiger partial charge is 0.475 e. The minimum Gasteiger partial charge on any atom is -0.475 e. The number of benzene rings is 1. The van der Waals surface area contributed by atoms with Crippen molar-refractivity contribution in [2.45, 2.75) is 16.2 Å². The van der Waals surface area contributed by atoms with Crippen LogP contribution in [0.2, 0.25) is 10.0 Å². The molecule has 0 radical (unpaired) electrons. The van der Waals surface area contributed by atoms with Crippen LogP contribution in [-0.2, 0) is 20.0 Å². The highest BCUT2D eigenvalue weighted by atomic mass is 35.5. The van der Waals surface area contributed by atoms with Crippen LogP contribution >= 0.6 is 34.5 Å². The summed E-state index contributed by atoms with van der Waals surface area (Å²) in [6.07, 6.45) is 0. The van der Waals surface area contributed by atoms with Crippen LogP contribution in [0, 0.1) is 6.92 Å². The Balaban J connectivity index is 2.02. The smallest absolute Gasteiger partial charge is 0.372 e. The monoisotopic (exact) mass is 510 g/mol. The molecule has 0 aliphatic rings. The number of carboxylic acids is 1. The first-order chi connectivity index (χ1) is 13.9. The van der Waals surface area contributed by atoms with E-state index in [0.29, 0.717) is 0 Å². The molecular weight excluding hydrogens is 499 g/mol. The lowest BCUT2D eigenvalue weighted by Crippen LogP contribution is -2.17. The summed E-state index contributed by atoms with van der Waals surface area (Å²) in [6, 6.07) is 6.19. The summed E-state index contributed by atoms with van der Waals surface area (Å²) in [7, 11) is -8.45. The van der Waals surface area contributed by atoms with Gasteiger partial charge < -0.3 is 9.52 Å². The maximum atomic E-state index is 12.7. The quantitative estimate of drug-likeness (QED) is 0.430. The number of furan rings is 1. The fraction of sp³-hybridized carbons (Fsp3) is 0.0625. The molecule has 3 aromatic rings. The maximum Gasteiger partial charge on any atom is 0.372 e. The van der Waals surface area contributed by atoms with Crippen LogP contribution in [0.4, 0.5) is 11.4 Å². The van der Waals surface area contributed by atoms with Gasteiger partial charge in [-0.25, -0.2) is 13.2 Å². The van der Waals surface area contributed by atoms with Crippen LogP contribution < -0.4 is 9.44 Å². The van der Waals surface area contributed by atoms with E-state index in [9.17, 15) is 21.6 Å². The molecule has 0 aliphatic heterocycles. The Bertz CT molecular complexity index is 1330. The van der Waals surface area contributed by atoms with E-state index in [0.717, 1.165) is 29.5 Å². The van der Waals surface area contributed by atoms with Crippen LogP contribution in [0.5, 0.6) is 0 Å². The number of hydrogen-bond donors (Lipinski definition) is 3. The summed E-state index contributed by atoms with van der Waals surface area (Å²) in [5.74, 6) is -1.98. The zero-order valence-corrected chi connectivity index (χ0v) is 18.8. The minimum absolute atomic E-state index is 0.00450. The van der Waals surface area contributed by atoms with Gasteiger partial charge in [0.15, 0.2) is 0 Å². The molecule has 0 saturated heterocycles. The van der Waals surface area contributed by atoms with Crippen LogP contribution in [0.3, 0.4) is 0 Å². The van der Waals surface area contributed by atoms with E-state index < -0.39 is 36.9 Å². The maximum absolute atomic E-state index is 12.7. The molecule has 0 atom stereocenters. The molecule has 3 N–H and O–H groups in total. The van der Waals surface area contributed by atoms with Crippen molar-refractivity contribution in [1.82, 2.24) is 0 Å². The van der Waals surface area contributed by atoms with Gasteiger partial charge >= 0.3 is 5.97 Å². The van der Waals surface area contributed by atoms with Gasteiger partial charge in [-0.3, -0.25) is 9.44 Å². The Labute approximate surface area is 185 Å². The van der Waals surface area contributed by atoms with Gasteiger partial charge in [-0.2, -0.15) is 8.42 Å². The van der Waals surface area contributed by atoms with Crippen molar-refractivity contribution in [3.05, 3.63) is 57.1 Å².